The lowest BCUT2D eigenvalue weighted by Crippen LogP contribution is -2.25. The third-order valence-electron chi connectivity index (χ3n) is 3.31. The van der Waals surface area contributed by atoms with Gasteiger partial charge in [-0.15, -0.1) is 0 Å². The maximum absolute atomic E-state index is 11.9. The summed E-state index contributed by atoms with van der Waals surface area (Å²) in [5.41, 5.74) is 1.94. The number of rotatable bonds is 2. The molecule has 1 aliphatic rings. The maximum Gasteiger partial charge on any atom is 0.308 e. The van der Waals surface area contributed by atoms with Crippen molar-refractivity contribution in [3.8, 4) is 0 Å². The van der Waals surface area contributed by atoms with Crippen molar-refractivity contribution in [3.05, 3.63) is 23.8 Å². The Morgan fingerprint density at radius 2 is 2.32 bits per heavy atom. The summed E-state index contributed by atoms with van der Waals surface area (Å²) in [5.74, 6) is -1.71. The molecule has 1 N–H and O–H groups in total. The molecule has 1 saturated heterocycles. The van der Waals surface area contributed by atoms with E-state index in [9.17, 15) is 9.59 Å². The van der Waals surface area contributed by atoms with Crippen LogP contribution in [0.15, 0.2) is 18.2 Å². The van der Waals surface area contributed by atoms with Gasteiger partial charge < -0.3 is 5.11 Å². The first-order valence-corrected chi connectivity index (χ1v) is 6.77. The zero-order valence-electron chi connectivity index (χ0n) is 10.3. The predicted octanol–water partition coefficient (Wildman–Crippen LogP) is 2.04. The van der Waals surface area contributed by atoms with E-state index in [4.69, 9.17) is 5.11 Å². The molecular formula is C13H12N2O3S. The van der Waals surface area contributed by atoms with Crippen LogP contribution in [-0.4, -0.2) is 28.5 Å². The molecule has 1 amide bonds. The van der Waals surface area contributed by atoms with Crippen LogP contribution in [0.25, 0.3) is 10.2 Å². The molecule has 0 saturated carbocycles. The SMILES string of the molecule is Cc1cccc2sc(N3C[C@H](C(=O)O)CC3=O)nc12. The van der Waals surface area contributed by atoms with Crippen LogP contribution in [0.2, 0.25) is 0 Å². The molecule has 1 atom stereocenters. The van der Waals surface area contributed by atoms with Crippen molar-refractivity contribution in [2.24, 2.45) is 5.92 Å². The first kappa shape index (κ1) is 12.1. The van der Waals surface area contributed by atoms with E-state index in [2.05, 4.69) is 4.98 Å². The summed E-state index contributed by atoms with van der Waals surface area (Å²) in [5, 5.41) is 9.58. The summed E-state index contributed by atoms with van der Waals surface area (Å²) >= 11 is 1.43. The molecule has 0 spiro atoms. The number of para-hydroxylation sites is 1. The number of carboxylic acid groups (broad SMARTS) is 1. The number of anilines is 1. The summed E-state index contributed by atoms with van der Waals surface area (Å²) in [4.78, 5) is 28.8. The number of carboxylic acids is 1. The molecule has 6 heteroatoms. The molecule has 2 aromatic rings. The number of thiazole rings is 1. The maximum atomic E-state index is 11.9. The molecule has 19 heavy (non-hydrogen) atoms. The van der Waals surface area contributed by atoms with E-state index in [0.29, 0.717) is 5.13 Å². The van der Waals surface area contributed by atoms with Crippen LogP contribution in [0.5, 0.6) is 0 Å². The Labute approximate surface area is 113 Å². The summed E-state index contributed by atoms with van der Waals surface area (Å²) < 4.78 is 1.02. The van der Waals surface area contributed by atoms with Crippen LogP contribution in [0.3, 0.4) is 0 Å². The number of aliphatic carboxylic acids is 1. The number of hydrogen-bond donors (Lipinski definition) is 1. The number of hydrogen-bond acceptors (Lipinski definition) is 4. The molecule has 2 heterocycles. The molecule has 5 nitrogen and oxygen atoms in total. The zero-order chi connectivity index (χ0) is 13.6. The van der Waals surface area contributed by atoms with Gasteiger partial charge in [-0.2, -0.15) is 0 Å². The van der Waals surface area contributed by atoms with Crippen molar-refractivity contribution < 1.29 is 14.7 Å². The van der Waals surface area contributed by atoms with Gasteiger partial charge in [-0.3, -0.25) is 14.5 Å². The normalized spacial score (nSPS) is 19.3. The number of carbonyl (C=O) groups is 2. The van der Waals surface area contributed by atoms with Gasteiger partial charge in [-0.05, 0) is 18.6 Å². The quantitative estimate of drug-likeness (QED) is 0.911. The zero-order valence-corrected chi connectivity index (χ0v) is 11.1. The largest absolute Gasteiger partial charge is 0.481 e. The van der Waals surface area contributed by atoms with Crippen molar-refractivity contribution in [3.63, 3.8) is 0 Å². The molecule has 0 unspecified atom stereocenters. The molecule has 0 radical (unpaired) electrons. The van der Waals surface area contributed by atoms with Crippen molar-refractivity contribution >= 4 is 38.6 Å². The average molecular weight is 276 g/mol. The number of amides is 1. The highest BCUT2D eigenvalue weighted by atomic mass is 32.1. The first-order chi connectivity index (χ1) is 9.06. The Bertz CT molecular complexity index is 680. The minimum absolute atomic E-state index is 0.0598. The molecule has 1 fully saturated rings. The van der Waals surface area contributed by atoms with E-state index in [0.717, 1.165) is 15.8 Å². The van der Waals surface area contributed by atoms with Crippen LogP contribution in [-0.2, 0) is 9.59 Å². The van der Waals surface area contributed by atoms with E-state index < -0.39 is 11.9 Å². The monoisotopic (exact) mass is 276 g/mol. The third kappa shape index (κ3) is 1.98. The van der Waals surface area contributed by atoms with Gasteiger partial charge in [0.15, 0.2) is 5.13 Å². The fourth-order valence-electron chi connectivity index (χ4n) is 2.25. The molecule has 1 aromatic heterocycles. The smallest absolute Gasteiger partial charge is 0.308 e. The number of carbonyl (C=O) groups excluding carboxylic acids is 1. The summed E-state index contributed by atoms with van der Waals surface area (Å²) in [6, 6.07) is 5.88. The second-order valence-corrected chi connectivity index (χ2v) is 5.67. The number of aromatic nitrogens is 1. The molecule has 3 rings (SSSR count). The van der Waals surface area contributed by atoms with Crippen molar-refractivity contribution in [1.82, 2.24) is 4.98 Å². The summed E-state index contributed by atoms with van der Waals surface area (Å²) in [6.45, 7) is 2.19. The van der Waals surface area contributed by atoms with E-state index in [-0.39, 0.29) is 18.9 Å². The molecule has 1 aliphatic heterocycles. The Morgan fingerprint density at radius 3 is 2.95 bits per heavy atom. The second-order valence-electron chi connectivity index (χ2n) is 4.66. The summed E-state index contributed by atoms with van der Waals surface area (Å²) in [6.07, 6.45) is 0.0598. The van der Waals surface area contributed by atoms with E-state index in [1.54, 1.807) is 0 Å². The molecular weight excluding hydrogens is 264 g/mol. The van der Waals surface area contributed by atoms with Gasteiger partial charge in [0.05, 0.1) is 16.1 Å². The second kappa shape index (κ2) is 4.31. The van der Waals surface area contributed by atoms with E-state index in [1.807, 2.05) is 25.1 Å². The Kier molecular flexibility index (Phi) is 2.74. The standard InChI is InChI=1S/C13H12N2O3S/c1-7-3-2-4-9-11(7)14-13(19-9)15-6-8(12(17)18)5-10(15)16/h2-4,8H,5-6H2,1H3,(H,17,18)/t8-/m1/s1. The fraction of sp³-hybridized carbons (Fsp3) is 0.308. The highest BCUT2D eigenvalue weighted by Gasteiger charge is 2.36. The van der Waals surface area contributed by atoms with E-state index >= 15 is 0 Å². The fourth-order valence-corrected chi connectivity index (χ4v) is 3.32. The highest BCUT2D eigenvalue weighted by molar-refractivity contribution is 7.22. The molecule has 98 valence electrons. The van der Waals surface area contributed by atoms with Crippen LogP contribution in [0.4, 0.5) is 5.13 Å². The number of benzene rings is 1. The predicted molar refractivity (Wildman–Crippen MR) is 72.5 cm³/mol. The van der Waals surface area contributed by atoms with Crippen molar-refractivity contribution in [2.45, 2.75) is 13.3 Å². The molecule has 0 bridgehead atoms. The highest BCUT2D eigenvalue weighted by Crippen LogP contribution is 2.33. The minimum atomic E-state index is -0.923. The number of nitrogens with zero attached hydrogens (tertiary/aromatic N) is 2. The lowest BCUT2D eigenvalue weighted by Gasteiger charge is -2.11. The van der Waals surface area contributed by atoms with Crippen molar-refractivity contribution in [2.75, 3.05) is 11.4 Å². The van der Waals surface area contributed by atoms with Crippen molar-refractivity contribution in [1.29, 1.82) is 0 Å². The lowest BCUT2D eigenvalue weighted by atomic mass is 10.1. The van der Waals surface area contributed by atoms with Gasteiger partial charge in [0.2, 0.25) is 5.91 Å². The van der Waals surface area contributed by atoms with Gasteiger partial charge in [-0.25, -0.2) is 4.98 Å². The molecule has 0 aliphatic carbocycles. The van der Waals surface area contributed by atoms with Gasteiger partial charge in [0, 0.05) is 13.0 Å². The topological polar surface area (TPSA) is 70.5 Å². The molecule has 1 aromatic carbocycles. The number of fused-ring (bicyclic) bond motifs is 1. The lowest BCUT2D eigenvalue weighted by molar-refractivity contribution is -0.141. The van der Waals surface area contributed by atoms with Gasteiger partial charge >= 0.3 is 5.97 Å². The Hall–Kier alpha value is -1.95. The third-order valence-corrected chi connectivity index (χ3v) is 4.36. The van der Waals surface area contributed by atoms with Gasteiger partial charge in [-0.1, -0.05) is 23.5 Å². The van der Waals surface area contributed by atoms with Gasteiger partial charge in [0.25, 0.3) is 0 Å². The van der Waals surface area contributed by atoms with Crippen LogP contribution >= 0.6 is 11.3 Å². The Balaban J connectivity index is 1.99. The average Bonchev–Trinajstić information content (AvgIpc) is 2.93. The first-order valence-electron chi connectivity index (χ1n) is 5.95. The van der Waals surface area contributed by atoms with Crippen LogP contribution in [0, 0.1) is 12.8 Å². The number of aryl methyl sites for hydroxylation is 1. The van der Waals surface area contributed by atoms with E-state index in [1.165, 1.54) is 16.2 Å². The van der Waals surface area contributed by atoms with Gasteiger partial charge in [0.1, 0.15) is 0 Å². The Morgan fingerprint density at radius 1 is 1.53 bits per heavy atom. The minimum Gasteiger partial charge on any atom is -0.481 e. The summed E-state index contributed by atoms with van der Waals surface area (Å²) in [7, 11) is 0. The van der Waals surface area contributed by atoms with Crippen LogP contribution in [0.1, 0.15) is 12.0 Å². The van der Waals surface area contributed by atoms with Crippen LogP contribution < -0.4 is 4.90 Å².